The van der Waals surface area contributed by atoms with Gasteiger partial charge in [-0.3, -0.25) is 19.9 Å². The molecule has 0 aliphatic carbocycles. The third-order valence-electron chi connectivity index (χ3n) is 2.39. The first kappa shape index (κ1) is 15.8. The summed E-state index contributed by atoms with van der Waals surface area (Å²) in [6.45, 7) is 2.94. The number of nitrogens with one attached hydrogen (secondary N) is 2. The Morgan fingerprint density at radius 3 is 2.59 bits per heavy atom. The van der Waals surface area contributed by atoms with Crippen LogP contribution >= 0.6 is 0 Å². The fourth-order valence-electron chi connectivity index (χ4n) is 1.48. The molecular formula is C10H22N4O3. The van der Waals surface area contributed by atoms with Crippen molar-refractivity contribution in [3.05, 3.63) is 0 Å². The van der Waals surface area contributed by atoms with Gasteiger partial charge in [0.2, 0.25) is 5.91 Å². The number of nitrogens with zero attached hydrogens (tertiary/aromatic N) is 1. The molecule has 17 heavy (non-hydrogen) atoms. The highest BCUT2D eigenvalue weighted by Gasteiger charge is 2.21. The molecule has 0 saturated carbocycles. The minimum atomic E-state index is -0.395. The van der Waals surface area contributed by atoms with Gasteiger partial charge in [-0.25, -0.2) is 5.84 Å². The van der Waals surface area contributed by atoms with Crippen molar-refractivity contribution in [1.82, 2.24) is 15.6 Å². The van der Waals surface area contributed by atoms with E-state index >= 15 is 0 Å². The highest BCUT2D eigenvalue weighted by atomic mass is 16.5. The molecule has 0 saturated heterocycles. The monoisotopic (exact) mass is 246 g/mol. The van der Waals surface area contributed by atoms with Gasteiger partial charge in [0, 0.05) is 13.7 Å². The van der Waals surface area contributed by atoms with Crippen molar-refractivity contribution in [1.29, 1.82) is 0 Å². The van der Waals surface area contributed by atoms with Gasteiger partial charge < -0.3 is 10.1 Å². The number of ether oxygens (including phenoxy) is 1. The van der Waals surface area contributed by atoms with E-state index in [1.807, 2.05) is 6.92 Å². The van der Waals surface area contributed by atoms with Crippen LogP contribution in [-0.2, 0) is 14.3 Å². The van der Waals surface area contributed by atoms with Gasteiger partial charge in [-0.15, -0.1) is 0 Å². The second-order valence-corrected chi connectivity index (χ2v) is 3.69. The summed E-state index contributed by atoms with van der Waals surface area (Å²) in [5.41, 5.74) is 2.09. The van der Waals surface area contributed by atoms with E-state index in [4.69, 9.17) is 10.6 Å². The second-order valence-electron chi connectivity index (χ2n) is 3.69. The Balaban J connectivity index is 4.08. The van der Waals surface area contributed by atoms with E-state index in [1.165, 1.54) is 0 Å². The molecule has 7 nitrogen and oxygen atoms in total. The lowest BCUT2D eigenvalue weighted by Crippen LogP contribution is -2.50. The Labute approximate surface area is 102 Å². The summed E-state index contributed by atoms with van der Waals surface area (Å²) in [7, 11) is 3.27. The van der Waals surface area contributed by atoms with Gasteiger partial charge in [0.1, 0.15) is 0 Å². The van der Waals surface area contributed by atoms with Crippen LogP contribution in [-0.4, -0.2) is 56.6 Å². The molecule has 0 bridgehead atoms. The quantitative estimate of drug-likeness (QED) is 0.208. The number of nitrogens with two attached hydrogens (primary N) is 1. The standard InChI is InChI=1S/C10H22N4O3/c1-4-8(10(16)13-11)14(2)7-9(15)12-5-6-17-3/h8H,4-7,11H2,1-3H3,(H,12,15)(H,13,16). The minimum Gasteiger partial charge on any atom is -0.383 e. The lowest BCUT2D eigenvalue weighted by atomic mass is 10.2. The SMILES string of the molecule is CCC(C(=O)NN)N(C)CC(=O)NCCOC. The summed E-state index contributed by atoms with van der Waals surface area (Å²) in [6, 6.07) is -0.395. The van der Waals surface area contributed by atoms with Gasteiger partial charge in [0.15, 0.2) is 0 Å². The van der Waals surface area contributed by atoms with Crippen molar-refractivity contribution in [2.24, 2.45) is 5.84 Å². The Hall–Kier alpha value is -1.18. The first-order valence-corrected chi connectivity index (χ1v) is 5.53. The number of rotatable bonds is 8. The molecule has 100 valence electrons. The van der Waals surface area contributed by atoms with E-state index in [0.29, 0.717) is 19.6 Å². The molecule has 1 atom stereocenters. The molecule has 0 radical (unpaired) electrons. The minimum absolute atomic E-state index is 0.146. The third kappa shape index (κ3) is 6.20. The Bertz CT molecular complexity index is 248. The Morgan fingerprint density at radius 1 is 1.47 bits per heavy atom. The first-order valence-electron chi connectivity index (χ1n) is 5.53. The molecule has 0 aromatic rings. The van der Waals surface area contributed by atoms with E-state index in [-0.39, 0.29) is 18.4 Å². The van der Waals surface area contributed by atoms with E-state index in [0.717, 1.165) is 0 Å². The summed E-state index contributed by atoms with van der Waals surface area (Å²) in [5.74, 6) is 4.63. The zero-order valence-corrected chi connectivity index (χ0v) is 10.7. The van der Waals surface area contributed by atoms with E-state index in [1.54, 1.807) is 19.1 Å². The van der Waals surface area contributed by atoms with Crippen LogP contribution in [0.15, 0.2) is 0 Å². The summed E-state index contributed by atoms with van der Waals surface area (Å²) >= 11 is 0. The van der Waals surface area contributed by atoms with Crippen LogP contribution in [0.1, 0.15) is 13.3 Å². The van der Waals surface area contributed by atoms with Crippen molar-refractivity contribution in [2.75, 3.05) is 33.9 Å². The van der Waals surface area contributed by atoms with Crippen molar-refractivity contribution < 1.29 is 14.3 Å². The fourth-order valence-corrected chi connectivity index (χ4v) is 1.48. The fraction of sp³-hybridized carbons (Fsp3) is 0.800. The maximum absolute atomic E-state index is 11.5. The highest BCUT2D eigenvalue weighted by Crippen LogP contribution is 2.00. The number of methoxy groups -OCH3 is 1. The number of hydrogen-bond acceptors (Lipinski definition) is 5. The lowest BCUT2D eigenvalue weighted by molar-refractivity contribution is -0.128. The predicted octanol–water partition coefficient (Wildman–Crippen LogP) is -1.55. The van der Waals surface area contributed by atoms with E-state index < -0.39 is 6.04 Å². The summed E-state index contributed by atoms with van der Waals surface area (Å²) in [5, 5.41) is 2.68. The number of hydrogen-bond donors (Lipinski definition) is 3. The van der Waals surface area contributed by atoms with Gasteiger partial charge >= 0.3 is 0 Å². The molecule has 0 fully saturated rings. The summed E-state index contributed by atoms with van der Waals surface area (Å²) < 4.78 is 4.81. The zero-order chi connectivity index (χ0) is 13.3. The summed E-state index contributed by atoms with van der Waals surface area (Å²) in [4.78, 5) is 24.5. The van der Waals surface area contributed by atoms with Crippen LogP contribution in [0.2, 0.25) is 0 Å². The smallest absolute Gasteiger partial charge is 0.251 e. The number of carbonyl (C=O) groups excluding carboxylic acids is 2. The topological polar surface area (TPSA) is 96.7 Å². The van der Waals surface area contributed by atoms with Gasteiger partial charge in [-0.1, -0.05) is 6.92 Å². The van der Waals surface area contributed by atoms with Crippen LogP contribution < -0.4 is 16.6 Å². The molecule has 7 heteroatoms. The number of hydrazine groups is 1. The number of likely N-dealkylation sites (N-methyl/N-ethyl adjacent to an activating group) is 1. The Morgan fingerprint density at radius 2 is 2.12 bits per heavy atom. The average molecular weight is 246 g/mol. The van der Waals surface area contributed by atoms with Crippen LogP contribution in [0.5, 0.6) is 0 Å². The van der Waals surface area contributed by atoms with Gasteiger partial charge in [0.05, 0.1) is 19.2 Å². The maximum atomic E-state index is 11.5. The maximum Gasteiger partial charge on any atom is 0.251 e. The Kier molecular flexibility index (Phi) is 8.29. The second kappa shape index (κ2) is 8.91. The largest absolute Gasteiger partial charge is 0.383 e. The van der Waals surface area contributed by atoms with E-state index in [2.05, 4.69) is 10.7 Å². The molecular weight excluding hydrogens is 224 g/mol. The van der Waals surface area contributed by atoms with Gasteiger partial charge in [0.25, 0.3) is 5.91 Å². The van der Waals surface area contributed by atoms with Crippen molar-refractivity contribution >= 4 is 11.8 Å². The molecule has 0 aromatic carbocycles. The first-order chi connectivity index (χ1) is 8.06. The summed E-state index contributed by atoms with van der Waals surface area (Å²) in [6.07, 6.45) is 0.588. The molecule has 0 rings (SSSR count). The third-order valence-corrected chi connectivity index (χ3v) is 2.39. The van der Waals surface area contributed by atoms with Crippen LogP contribution in [0.25, 0.3) is 0 Å². The average Bonchev–Trinajstić information content (AvgIpc) is 2.29. The molecule has 1 unspecified atom stereocenters. The van der Waals surface area contributed by atoms with Crippen LogP contribution in [0.4, 0.5) is 0 Å². The van der Waals surface area contributed by atoms with Crippen molar-refractivity contribution in [2.45, 2.75) is 19.4 Å². The van der Waals surface area contributed by atoms with Crippen LogP contribution in [0.3, 0.4) is 0 Å². The number of carbonyl (C=O) groups is 2. The lowest BCUT2D eigenvalue weighted by Gasteiger charge is -2.24. The normalized spacial score (nSPS) is 12.3. The van der Waals surface area contributed by atoms with E-state index in [9.17, 15) is 9.59 Å². The molecule has 4 N–H and O–H groups in total. The molecule has 0 aliphatic heterocycles. The van der Waals surface area contributed by atoms with Crippen LogP contribution in [0, 0.1) is 0 Å². The predicted molar refractivity (Wildman–Crippen MR) is 63.9 cm³/mol. The van der Waals surface area contributed by atoms with Gasteiger partial charge in [-0.2, -0.15) is 0 Å². The number of amides is 2. The van der Waals surface area contributed by atoms with Crippen molar-refractivity contribution in [3.63, 3.8) is 0 Å². The zero-order valence-electron chi connectivity index (χ0n) is 10.7. The molecule has 2 amide bonds. The molecule has 0 heterocycles. The molecule has 0 aromatic heterocycles. The molecule has 0 aliphatic rings. The molecule has 0 spiro atoms. The van der Waals surface area contributed by atoms with Crippen molar-refractivity contribution in [3.8, 4) is 0 Å². The highest BCUT2D eigenvalue weighted by molar-refractivity contribution is 5.83. The van der Waals surface area contributed by atoms with Gasteiger partial charge in [-0.05, 0) is 13.5 Å².